The van der Waals surface area contributed by atoms with Crippen molar-refractivity contribution in [3.05, 3.63) is 47.2 Å². The number of carbonyl (C=O) groups excluding carboxylic acids is 2. The van der Waals surface area contributed by atoms with Crippen LogP contribution in [0.4, 0.5) is 0 Å². The monoisotopic (exact) mass is 371 g/mol. The van der Waals surface area contributed by atoms with E-state index >= 15 is 0 Å². The van der Waals surface area contributed by atoms with Crippen molar-refractivity contribution >= 4 is 17.8 Å². The predicted molar refractivity (Wildman–Crippen MR) is 99.3 cm³/mol. The number of benzene rings is 1. The number of hydrogen-bond acceptors (Lipinski definition) is 4. The van der Waals surface area contributed by atoms with Gasteiger partial charge in [-0.1, -0.05) is 51.1 Å². The van der Waals surface area contributed by atoms with Crippen molar-refractivity contribution in [3.8, 4) is 0 Å². The molecule has 3 atom stereocenters. The van der Waals surface area contributed by atoms with Crippen LogP contribution in [-0.2, 0) is 14.4 Å². The average Bonchev–Trinajstić information content (AvgIpc) is 2.63. The Balaban J connectivity index is 1.78. The van der Waals surface area contributed by atoms with Crippen LogP contribution in [0.1, 0.15) is 45.2 Å². The van der Waals surface area contributed by atoms with E-state index in [1.165, 1.54) is 4.90 Å². The molecule has 0 radical (unpaired) electrons. The van der Waals surface area contributed by atoms with Crippen molar-refractivity contribution in [1.82, 2.24) is 10.2 Å². The maximum atomic E-state index is 12.7. The van der Waals surface area contributed by atoms with Gasteiger partial charge in [-0.3, -0.25) is 14.5 Å². The van der Waals surface area contributed by atoms with E-state index in [9.17, 15) is 19.5 Å². The summed E-state index contributed by atoms with van der Waals surface area (Å²) in [6.07, 6.45) is 1.19. The summed E-state index contributed by atoms with van der Waals surface area (Å²) >= 11 is 0. The van der Waals surface area contributed by atoms with E-state index in [1.807, 2.05) is 26.8 Å². The number of β-lactam (4-membered cyclic amide) rings is 1. The first-order chi connectivity index (χ1) is 12.6. The SMILES string of the molecule is CC(C)(C)C1=C(C(=O)O)N2C(=O)[C@@H](NC(=O)[C@H](N)c3ccccc3)[C@H]2CC1. The van der Waals surface area contributed by atoms with Gasteiger partial charge in [0.15, 0.2) is 0 Å². The molecule has 0 aromatic heterocycles. The van der Waals surface area contributed by atoms with Crippen molar-refractivity contribution < 1.29 is 19.5 Å². The van der Waals surface area contributed by atoms with Gasteiger partial charge in [-0.2, -0.15) is 0 Å². The summed E-state index contributed by atoms with van der Waals surface area (Å²) in [5.41, 5.74) is 7.12. The normalized spacial score (nSPS) is 23.4. The van der Waals surface area contributed by atoms with E-state index in [0.29, 0.717) is 18.4 Å². The zero-order chi connectivity index (χ0) is 19.9. The zero-order valence-corrected chi connectivity index (χ0v) is 15.7. The molecule has 144 valence electrons. The van der Waals surface area contributed by atoms with E-state index in [0.717, 1.165) is 5.57 Å². The molecule has 7 heteroatoms. The predicted octanol–water partition coefficient (Wildman–Crippen LogP) is 1.56. The van der Waals surface area contributed by atoms with Crippen LogP contribution in [0.3, 0.4) is 0 Å². The fraction of sp³-hybridized carbons (Fsp3) is 0.450. The maximum absolute atomic E-state index is 12.7. The summed E-state index contributed by atoms with van der Waals surface area (Å²) in [7, 11) is 0. The summed E-state index contributed by atoms with van der Waals surface area (Å²) in [5, 5.41) is 12.4. The Morgan fingerprint density at radius 1 is 1.26 bits per heavy atom. The van der Waals surface area contributed by atoms with Crippen molar-refractivity contribution in [1.29, 1.82) is 0 Å². The number of hydrogen-bond donors (Lipinski definition) is 3. The third-order valence-electron chi connectivity index (χ3n) is 5.28. The molecule has 1 aromatic rings. The van der Waals surface area contributed by atoms with E-state index in [2.05, 4.69) is 5.32 Å². The Morgan fingerprint density at radius 3 is 2.44 bits per heavy atom. The lowest BCUT2D eigenvalue weighted by Crippen LogP contribution is -2.72. The van der Waals surface area contributed by atoms with Crippen LogP contribution in [0.25, 0.3) is 0 Å². The fourth-order valence-corrected chi connectivity index (χ4v) is 3.85. The highest BCUT2D eigenvalue weighted by molar-refractivity contribution is 6.02. The molecule has 4 N–H and O–H groups in total. The molecule has 2 aliphatic rings. The van der Waals surface area contributed by atoms with E-state index in [-0.39, 0.29) is 17.2 Å². The minimum atomic E-state index is -1.11. The Bertz CT molecular complexity index is 810. The lowest BCUT2D eigenvalue weighted by Gasteiger charge is -2.51. The molecule has 1 fully saturated rings. The van der Waals surface area contributed by atoms with Crippen LogP contribution in [0.5, 0.6) is 0 Å². The summed E-state index contributed by atoms with van der Waals surface area (Å²) in [6.45, 7) is 5.82. The second kappa shape index (κ2) is 6.81. The minimum absolute atomic E-state index is 0.0570. The summed E-state index contributed by atoms with van der Waals surface area (Å²) in [4.78, 5) is 38.3. The smallest absolute Gasteiger partial charge is 0.352 e. The summed E-state index contributed by atoms with van der Waals surface area (Å²) < 4.78 is 0. The molecule has 2 aliphatic heterocycles. The Hall–Kier alpha value is -2.67. The molecular formula is C20H25N3O4. The van der Waals surface area contributed by atoms with Crippen molar-refractivity contribution in [2.24, 2.45) is 11.1 Å². The number of amides is 2. The molecule has 2 amide bonds. The fourth-order valence-electron chi connectivity index (χ4n) is 3.85. The molecule has 0 bridgehead atoms. The molecule has 2 heterocycles. The largest absolute Gasteiger partial charge is 0.477 e. The number of nitrogens with two attached hydrogens (primary N) is 1. The molecule has 7 nitrogen and oxygen atoms in total. The van der Waals surface area contributed by atoms with Gasteiger partial charge < -0.3 is 16.2 Å². The highest BCUT2D eigenvalue weighted by Gasteiger charge is 2.54. The number of carboxylic acids is 1. The number of carbonyl (C=O) groups is 3. The number of fused-ring (bicyclic) bond motifs is 1. The van der Waals surface area contributed by atoms with Crippen molar-refractivity contribution in [2.45, 2.75) is 51.7 Å². The van der Waals surface area contributed by atoms with Gasteiger partial charge in [0.05, 0.1) is 6.04 Å². The van der Waals surface area contributed by atoms with E-state index in [1.54, 1.807) is 24.3 Å². The van der Waals surface area contributed by atoms with Crippen LogP contribution in [-0.4, -0.2) is 39.9 Å². The Morgan fingerprint density at radius 2 is 1.89 bits per heavy atom. The Labute approximate surface area is 158 Å². The summed E-state index contributed by atoms with van der Waals surface area (Å²) in [5.74, 6) is -1.95. The van der Waals surface area contributed by atoms with Gasteiger partial charge in [-0.05, 0) is 29.4 Å². The molecule has 3 rings (SSSR count). The average molecular weight is 371 g/mol. The molecule has 1 saturated heterocycles. The molecule has 0 unspecified atom stereocenters. The molecule has 27 heavy (non-hydrogen) atoms. The zero-order valence-electron chi connectivity index (χ0n) is 15.7. The molecule has 1 aromatic carbocycles. The molecular weight excluding hydrogens is 346 g/mol. The third-order valence-corrected chi connectivity index (χ3v) is 5.28. The topological polar surface area (TPSA) is 113 Å². The number of nitrogens with one attached hydrogen (secondary N) is 1. The molecule has 0 aliphatic carbocycles. The van der Waals surface area contributed by atoms with Crippen LogP contribution >= 0.6 is 0 Å². The first-order valence-electron chi connectivity index (χ1n) is 9.04. The quantitative estimate of drug-likeness (QED) is 0.695. The van der Waals surface area contributed by atoms with Gasteiger partial charge in [-0.25, -0.2) is 4.79 Å². The standard InChI is InChI=1S/C20H25N3O4/c1-20(2,3)12-9-10-13-15(18(25)23(13)16(12)19(26)27)22-17(24)14(21)11-7-5-4-6-8-11/h4-8,13-15H,9-10,21H2,1-3H3,(H,22,24)(H,26,27)/t13-,14-,15+/m1/s1. The van der Waals surface area contributed by atoms with Gasteiger partial charge in [0.1, 0.15) is 17.8 Å². The highest BCUT2D eigenvalue weighted by Crippen LogP contribution is 2.43. The van der Waals surface area contributed by atoms with Crippen LogP contribution < -0.4 is 11.1 Å². The van der Waals surface area contributed by atoms with E-state index < -0.39 is 29.9 Å². The minimum Gasteiger partial charge on any atom is -0.477 e. The van der Waals surface area contributed by atoms with Gasteiger partial charge >= 0.3 is 5.97 Å². The van der Waals surface area contributed by atoms with Crippen LogP contribution in [0.2, 0.25) is 0 Å². The number of aliphatic carboxylic acids is 1. The number of nitrogens with zero attached hydrogens (tertiary/aromatic N) is 1. The van der Waals surface area contributed by atoms with Gasteiger partial charge in [0, 0.05) is 0 Å². The Kier molecular flexibility index (Phi) is 4.82. The molecule has 0 saturated carbocycles. The van der Waals surface area contributed by atoms with E-state index in [4.69, 9.17) is 5.73 Å². The second-order valence-electron chi connectivity index (χ2n) is 8.07. The first kappa shape index (κ1) is 19.1. The number of rotatable bonds is 4. The maximum Gasteiger partial charge on any atom is 0.352 e. The lowest BCUT2D eigenvalue weighted by atomic mass is 9.75. The third kappa shape index (κ3) is 3.35. The lowest BCUT2D eigenvalue weighted by molar-refractivity contribution is -0.156. The summed E-state index contributed by atoms with van der Waals surface area (Å²) in [6, 6.07) is 6.95. The van der Waals surface area contributed by atoms with Gasteiger partial charge in [0.2, 0.25) is 5.91 Å². The van der Waals surface area contributed by atoms with Crippen LogP contribution in [0.15, 0.2) is 41.6 Å². The number of allylic oxidation sites excluding steroid dienone is 1. The van der Waals surface area contributed by atoms with Gasteiger partial charge in [-0.15, -0.1) is 0 Å². The van der Waals surface area contributed by atoms with Gasteiger partial charge in [0.25, 0.3) is 5.91 Å². The van der Waals surface area contributed by atoms with Crippen molar-refractivity contribution in [3.63, 3.8) is 0 Å². The number of carboxylic acid groups (broad SMARTS) is 1. The van der Waals surface area contributed by atoms with Crippen LogP contribution in [0, 0.1) is 5.41 Å². The first-order valence-corrected chi connectivity index (χ1v) is 9.04. The highest BCUT2D eigenvalue weighted by atomic mass is 16.4. The molecule has 0 spiro atoms. The van der Waals surface area contributed by atoms with Crippen molar-refractivity contribution in [2.75, 3.05) is 0 Å². The second-order valence-corrected chi connectivity index (χ2v) is 8.07.